The van der Waals surface area contributed by atoms with E-state index in [-0.39, 0.29) is 11.9 Å². The molecule has 3 heterocycles. The minimum atomic E-state index is 0.111. The Bertz CT molecular complexity index is 489. The van der Waals surface area contributed by atoms with Gasteiger partial charge in [-0.1, -0.05) is 6.07 Å². The van der Waals surface area contributed by atoms with Crippen molar-refractivity contribution >= 4 is 17.2 Å². The fraction of sp³-hybridized carbons (Fsp3) is 0.308. The molecule has 0 N–H and O–H groups in total. The van der Waals surface area contributed by atoms with Crippen LogP contribution in [0.3, 0.4) is 0 Å². The molecular formula is C13H13NO2S. The molecule has 2 aromatic rings. The second-order valence-electron chi connectivity index (χ2n) is 4.15. The van der Waals surface area contributed by atoms with E-state index in [9.17, 15) is 4.79 Å². The van der Waals surface area contributed by atoms with Crippen molar-refractivity contribution in [2.45, 2.75) is 18.9 Å². The lowest BCUT2D eigenvalue weighted by atomic mass is 10.1. The van der Waals surface area contributed by atoms with Gasteiger partial charge < -0.3 is 9.32 Å². The molecule has 2 aromatic heterocycles. The van der Waals surface area contributed by atoms with E-state index in [1.807, 2.05) is 34.5 Å². The van der Waals surface area contributed by atoms with Gasteiger partial charge in [-0.3, -0.25) is 4.79 Å². The third kappa shape index (κ3) is 1.89. The molecule has 1 atom stereocenters. The van der Waals surface area contributed by atoms with Crippen molar-refractivity contribution in [1.82, 2.24) is 4.90 Å². The number of hydrogen-bond donors (Lipinski definition) is 0. The number of nitrogens with zero attached hydrogens (tertiary/aromatic N) is 1. The highest BCUT2D eigenvalue weighted by atomic mass is 32.1. The number of carbonyl (C=O) groups is 1. The molecule has 0 bridgehead atoms. The molecule has 1 saturated heterocycles. The third-order valence-electron chi connectivity index (χ3n) is 3.12. The molecule has 3 rings (SSSR count). The fourth-order valence-electron chi connectivity index (χ4n) is 2.33. The Kier molecular flexibility index (Phi) is 2.73. The van der Waals surface area contributed by atoms with Gasteiger partial charge in [0.25, 0.3) is 5.91 Å². The summed E-state index contributed by atoms with van der Waals surface area (Å²) >= 11 is 1.50. The van der Waals surface area contributed by atoms with Crippen molar-refractivity contribution in [1.29, 1.82) is 0 Å². The lowest BCUT2D eigenvalue weighted by Crippen LogP contribution is -2.29. The minimum absolute atomic E-state index is 0.111. The van der Waals surface area contributed by atoms with Gasteiger partial charge >= 0.3 is 0 Å². The first kappa shape index (κ1) is 10.6. The first-order chi connectivity index (χ1) is 8.36. The van der Waals surface area contributed by atoms with Gasteiger partial charge in [-0.15, -0.1) is 11.3 Å². The Morgan fingerprint density at radius 2 is 2.35 bits per heavy atom. The Morgan fingerprint density at radius 3 is 3.06 bits per heavy atom. The van der Waals surface area contributed by atoms with Crippen molar-refractivity contribution in [3.05, 3.63) is 46.5 Å². The number of hydrogen-bond acceptors (Lipinski definition) is 3. The summed E-state index contributed by atoms with van der Waals surface area (Å²) in [7, 11) is 0. The van der Waals surface area contributed by atoms with E-state index in [0.717, 1.165) is 30.0 Å². The van der Waals surface area contributed by atoms with E-state index in [0.29, 0.717) is 0 Å². The van der Waals surface area contributed by atoms with Crippen LogP contribution in [0.15, 0.2) is 40.3 Å². The molecule has 3 nitrogen and oxygen atoms in total. The van der Waals surface area contributed by atoms with Crippen molar-refractivity contribution in [2.24, 2.45) is 0 Å². The van der Waals surface area contributed by atoms with Crippen LogP contribution < -0.4 is 0 Å². The summed E-state index contributed by atoms with van der Waals surface area (Å²) in [4.78, 5) is 15.0. The van der Waals surface area contributed by atoms with Gasteiger partial charge in [0.2, 0.25) is 0 Å². The van der Waals surface area contributed by atoms with Gasteiger partial charge in [-0.25, -0.2) is 0 Å². The topological polar surface area (TPSA) is 33.5 Å². The monoisotopic (exact) mass is 247 g/mol. The second kappa shape index (κ2) is 4.37. The number of amides is 1. The van der Waals surface area contributed by atoms with Crippen LogP contribution in [0.25, 0.3) is 0 Å². The Morgan fingerprint density at radius 1 is 1.41 bits per heavy atom. The molecule has 1 aliphatic rings. The number of rotatable bonds is 2. The molecule has 0 saturated carbocycles. The van der Waals surface area contributed by atoms with Crippen LogP contribution in [0.1, 0.15) is 34.3 Å². The van der Waals surface area contributed by atoms with Gasteiger partial charge in [0.15, 0.2) is 0 Å². The zero-order chi connectivity index (χ0) is 11.7. The summed E-state index contributed by atoms with van der Waals surface area (Å²) in [6, 6.07) is 7.73. The summed E-state index contributed by atoms with van der Waals surface area (Å²) in [6.45, 7) is 0.822. The smallest absolute Gasteiger partial charge is 0.264 e. The summed E-state index contributed by atoms with van der Waals surface area (Å²) in [5.74, 6) is 1.02. The highest BCUT2D eigenvalue weighted by Crippen LogP contribution is 2.33. The van der Waals surface area contributed by atoms with E-state index < -0.39 is 0 Å². The molecule has 1 amide bonds. The Hall–Kier alpha value is -1.55. The molecular weight excluding hydrogens is 234 g/mol. The van der Waals surface area contributed by atoms with Gasteiger partial charge in [0, 0.05) is 6.54 Å². The molecule has 0 aromatic carbocycles. The SMILES string of the molecule is O=C(c1cccs1)N1CCC[C@@H]1c1ccco1. The quantitative estimate of drug-likeness (QED) is 0.815. The van der Waals surface area contributed by atoms with Crippen molar-refractivity contribution in [2.75, 3.05) is 6.54 Å². The molecule has 0 radical (unpaired) electrons. The zero-order valence-corrected chi connectivity index (χ0v) is 10.2. The van der Waals surface area contributed by atoms with E-state index in [2.05, 4.69) is 0 Å². The van der Waals surface area contributed by atoms with Crippen LogP contribution in [0.2, 0.25) is 0 Å². The third-order valence-corrected chi connectivity index (χ3v) is 3.98. The van der Waals surface area contributed by atoms with E-state index in [1.54, 1.807) is 6.26 Å². The molecule has 17 heavy (non-hydrogen) atoms. The molecule has 1 fully saturated rings. The highest BCUT2D eigenvalue weighted by molar-refractivity contribution is 7.12. The molecule has 0 aliphatic carbocycles. The van der Waals surface area contributed by atoms with E-state index >= 15 is 0 Å². The first-order valence-corrected chi connectivity index (χ1v) is 6.62. The van der Waals surface area contributed by atoms with E-state index in [4.69, 9.17) is 4.42 Å². The number of furan rings is 1. The summed E-state index contributed by atoms with van der Waals surface area (Å²) in [5, 5.41) is 1.94. The highest BCUT2D eigenvalue weighted by Gasteiger charge is 2.32. The Balaban J connectivity index is 1.85. The minimum Gasteiger partial charge on any atom is -0.467 e. The fourth-order valence-corrected chi connectivity index (χ4v) is 3.01. The maximum absolute atomic E-state index is 12.3. The second-order valence-corrected chi connectivity index (χ2v) is 5.10. The van der Waals surface area contributed by atoms with Crippen LogP contribution in [-0.2, 0) is 0 Å². The van der Waals surface area contributed by atoms with E-state index in [1.165, 1.54) is 11.3 Å². The Labute approximate surface area is 104 Å². The summed E-state index contributed by atoms with van der Waals surface area (Å²) < 4.78 is 5.42. The van der Waals surface area contributed by atoms with Crippen molar-refractivity contribution in [3.63, 3.8) is 0 Å². The zero-order valence-electron chi connectivity index (χ0n) is 9.33. The van der Waals surface area contributed by atoms with Crippen LogP contribution in [-0.4, -0.2) is 17.4 Å². The normalized spacial score (nSPS) is 19.8. The number of likely N-dealkylation sites (tertiary alicyclic amines) is 1. The molecule has 0 spiro atoms. The van der Waals surface area contributed by atoms with Crippen molar-refractivity contribution in [3.8, 4) is 0 Å². The lowest BCUT2D eigenvalue weighted by molar-refractivity contribution is 0.0725. The van der Waals surface area contributed by atoms with Crippen LogP contribution in [0, 0.1) is 0 Å². The summed E-state index contributed by atoms with van der Waals surface area (Å²) in [6.07, 6.45) is 3.70. The standard InChI is InChI=1S/C13H13NO2S/c15-13(12-6-3-9-17-12)14-7-1-4-10(14)11-5-2-8-16-11/h2-3,5-6,8-10H,1,4,7H2/t10-/m1/s1. The van der Waals surface area contributed by atoms with Crippen LogP contribution >= 0.6 is 11.3 Å². The molecule has 88 valence electrons. The number of thiophene rings is 1. The maximum atomic E-state index is 12.3. The lowest BCUT2D eigenvalue weighted by Gasteiger charge is -2.22. The molecule has 1 aliphatic heterocycles. The average Bonchev–Trinajstić information content (AvgIpc) is 3.09. The largest absolute Gasteiger partial charge is 0.467 e. The van der Waals surface area contributed by atoms with Gasteiger partial charge in [-0.05, 0) is 36.4 Å². The summed E-state index contributed by atoms with van der Waals surface area (Å²) in [5.41, 5.74) is 0. The first-order valence-electron chi connectivity index (χ1n) is 5.74. The maximum Gasteiger partial charge on any atom is 0.264 e. The van der Waals surface area contributed by atoms with Gasteiger partial charge in [-0.2, -0.15) is 0 Å². The average molecular weight is 247 g/mol. The van der Waals surface area contributed by atoms with Crippen LogP contribution in [0.4, 0.5) is 0 Å². The van der Waals surface area contributed by atoms with Gasteiger partial charge in [0.05, 0.1) is 17.2 Å². The van der Waals surface area contributed by atoms with Gasteiger partial charge in [0.1, 0.15) is 5.76 Å². The van der Waals surface area contributed by atoms with Crippen LogP contribution in [0.5, 0.6) is 0 Å². The number of carbonyl (C=O) groups excluding carboxylic acids is 1. The molecule has 0 unspecified atom stereocenters. The molecule has 4 heteroatoms. The van der Waals surface area contributed by atoms with Crippen molar-refractivity contribution < 1.29 is 9.21 Å². The predicted molar refractivity (Wildman–Crippen MR) is 66.0 cm³/mol. The predicted octanol–water partition coefficient (Wildman–Crippen LogP) is 3.32.